The fourth-order valence-electron chi connectivity index (χ4n) is 1.49. The smallest absolute Gasteiger partial charge is 0.269 e. The minimum absolute atomic E-state index is 0.0175. The summed E-state index contributed by atoms with van der Waals surface area (Å²) in [6, 6.07) is 5.99. The largest absolute Gasteiger partial charge is 0.301 e. The lowest BCUT2D eigenvalue weighted by Crippen LogP contribution is -2.19. The predicted octanol–water partition coefficient (Wildman–Crippen LogP) is 2.34. The molecule has 0 bridgehead atoms. The minimum atomic E-state index is -0.464. The molecule has 1 saturated heterocycles. The van der Waals surface area contributed by atoms with E-state index in [9.17, 15) is 14.9 Å². The quantitative estimate of drug-likeness (QED) is 0.399. The van der Waals surface area contributed by atoms with Gasteiger partial charge in [0.25, 0.3) is 11.6 Å². The van der Waals surface area contributed by atoms with E-state index >= 15 is 0 Å². The maximum atomic E-state index is 11.7. The number of amidine groups is 1. The molecule has 0 radical (unpaired) electrons. The summed E-state index contributed by atoms with van der Waals surface area (Å²) in [5.41, 5.74) is 0.738. The van der Waals surface area contributed by atoms with Gasteiger partial charge in [-0.1, -0.05) is 6.08 Å². The molecule has 6 nitrogen and oxygen atoms in total. The van der Waals surface area contributed by atoms with E-state index in [4.69, 9.17) is 0 Å². The van der Waals surface area contributed by atoms with Crippen LogP contribution in [0.15, 0.2) is 46.8 Å². The van der Waals surface area contributed by atoms with Crippen molar-refractivity contribution in [3.05, 3.63) is 57.5 Å². The summed E-state index contributed by atoms with van der Waals surface area (Å²) >= 11 is 1.23. The molecule has 1 heterocycles. The Kier molecular flexibility index (Phi) is 4.31. The van der Waals surface area contributed by atoms with Crippen molar-refractivity contribution in [1.82, 2.24) is 5.32 Å². The predicted molar refractivity (Wildman–Crippen MR) is 79.3 cm³/mol. The third kappa shape index (κ3) is 3.33. The first kappa shape index (κ1) is 14.0. The highest BCUT2D eigenvalue weighted by Gasteiger charge is 2.23. The maximum absolute atomic E-state index is 11.7. The SMILES string of the molecule is C=CCN=C1NC(=O)/C(=C/c2ccc([N+](=O)[O-])cc2)S1. The number of nitrogens with zero attached hydrogens (tertiary/aromatic N) is 2. The molecular weight excluding hydrogens is 278 g/mol. The molecule has 20 heavy (non-hydrogen) atoms. The van der Waals surface area contributed by atoms with Crippen molar-refractivity contribution in [3.63, 3.8) is 0 Å². The number of benzene rings is 1. The van der Waals surface area contributed by atoms with Gasteiger partial charge in [-0.2, -0.15) is 0 Å². The van der Waals surface area contributed by atoms with Gasteiger partial charge in [0.2, 0.25) is 0 Å². The number of nitro benzene ring substituents is 1. The molecule has 1 aliphatic rings. The molecule has 1 aromatic rings. The molecule has 2 rings (SSSR count). The number of rotatable bonds is 4. The highest BCUT2D eigenvalue weighted by Crippen LogP contribution is 2.26. The lowest BCUT2D eigenvalue weighted by atomic mass is 10.2. The number of thioether (sulfide) groups is 1. The summed E-state index contributed by atoms with van der Waals surface area (Å²) in [5.74, 6) is -0.226. The van der Waals surface area contributed by atoms with Crippen LogP contribution in [0.25, 0.3) is 6.08 Å². The molecule has 0 saturated carbocycles. The molecule has 1 amide bonds. The van der Waals surface area contributed by atoms with Crippen molar-refractivity contribution in [1.29, 1.82) is 0 Å². The number of nitrogens with one attached hydrogen (secondary N) is 1. The highest BCUT2D eigenvalue weighted by molar-refractivity contribution is 8.18. The normalized spacial score (nSPS) is 18.3. The topological polar surface area (TPSA) is 84.6 Å². The van der Waals surface area contributed by atoms with Crippen LogP contribution in [0.5, 0.6) is 0 Å². The molecule has 1 N–H and O–H groups in total. The molecule has 0 aromatic heterocycles. The van der Waals surface area contributed by atoms with Crippen molar-refractivity contribution in [2.45, 2.75) is 0 Å². The van der Waals surface area contributed by atoms with E-state index in [0.717, 1.165) is 5.56 Å². The Labute approximate surface area is 119 Å². The first-order valence-electron chi connectivity index (χ1n) is 5.71. The Hall–Kier alpha value is -2.41. The van der Waals surface area contributed by atoms with Crippen LogP contribution in [0, 0.1) is 10.1 Å². The maximum Gasteiger partial charge on any atom is 0.269 e. The summed E-state index contributed by atoms with van der Waals surface area (Å²) in [6.45, 7) is 3.99. The zero-order chi connectivity index (χ0) is 14.5. The second-order valence-electron chi connectivity index (χ2n) is 3.85. The van der Waals surface area contributed by atoms with Crippen LogP contribution in [-0.4, -0.2) is 22.5 Å². The fourth-order valence-corrected chi connectivity index (χ4v) is 2.32. The zero-order valence-electron chi connectivity index (χ0n) is 10.4. The van der Waals surface area contributed by atoms with E-state index in [2.05, 4.69) is 16.9 Å². The van der Waals surface area contributed by atoms with Crippen LogP contribution in [-0.2, 0) is 4.79 Å². The van der Waals surface area contributed by atoms with Gasteiger partial charge in [0.1, 0.15) is 0 Å². The van der Waals surface area contributed by atoms with Crippen LogP contribution < -0.4 is 5.32 Å². The van der Waals surface area contributed by atoms with Crippen molar-refractivity contribution < 1.29 is 9.72 Å². The Morgan fingerprint density at radius 1 is 1.40 bits per heavy atom. The lowest BCUT2D eigenvalue weighted by molar-refractivity contribution is -0.384. The van der Waals surface area contributed by atoms with Crippen LogP contribution in [0.4, 0.5) is 5.69 Å². The Morgan fingerprint density at radius 3 is 2.70 bits per heavy atom. The number of aliphatic imine (C=N–C) groups is 1. The molecule has 1 fully saturated rings. The molecule has 0 aliphatic carbocycles. The zero-order valence-corrected chi connectivity index (χ0v) is 11.2. The Bertz CT molecular complexity index is 620. The summed E-state index contributed by atoms with van der Waals surface area (Å²) in [6.07, 6.45) is 3.30. The summed E-state index contributed by atoms with van der Waals surface area (Å²) in [7, 11) is 0. The van der Waals surface area contributed by atoms with E-state index in [0.29, 0.717) is 16.6 Å². The van der Waals surface area contributed by atoms with E-state index in [1.54, 1.807) is 24.3 Å². The van der Waals surface area contributed by atoms with Crippen molar-refractivity contribution in [3.8, 4) is 0 Å². The molecular formula is C13H11N3O3S. The monoisotopic (exact) mass is 289 g/mol. The van der Waals surface area contributed by atoms with Gasteiger partial charge >= 0.3 is 0 Å². The molecule has 0 unspecified atom stereocenters. The fraction of sp³-hybridized carbons (Fsp3) is 0.0769. The Balaban J connectivity index is 2.16. The number of hydrogen-bond acceptors (Lipinski definition) is 5. The van der Waals surface area contributed by atoms with Gasteiger partial charge in [0.15, 0.2) is 5.17 Å². The standard InChI is InChI=1S/C13H11N3O3S/c1-2-7-14-13-15-12(17)11(20-13)8-9-3-5-10(6-4-9)16(18)19/h2-6,8H,1,7H2,(H,14,15,17)/b11-8-. The van der Waals surface area contributed by atoms with E-state index in [1.165, 1.54) is 23.9 Å². The molecule has 7 heteroatoms. The van der Waals surface area contributed by atoms with Crippen molar-refractivity contribution in [2.75, 3.05) is 6.54 Å². The van der Waals surface area contributed by atoms with Crippen molar-refractivity contribution >= 4 is 34.6 Å². The van der Waals surface area contributed by atoms with E-state index < -0.39 is 4.92 Å². The minimum Gasteiger partial charge on any atom is -0.301 e. The van der Waals surface area contributed by atoms with Crippen LogP contribution in [0.2, 0.25) is 0 Å². The molecule has 102 valence electrons. The van der Waals surface area contributed by atoms with E-state index in [-0.39, 0.29) is 11.6 Å². The molecule has 1 aliphatic heterocycles. The van der Waals surface area contributed by atoms with Crippen LogP contribution in [0.3, 0.4) is 0 Å². The molecule has 0 spiro atoms. The number of hydrogen-bond donors (Lipinski definition) is 1. The molecule has 1 aromatic carbocycles. The molecule has 0 atom stereocenters. The highest BCUT2D eigenvalue weighted by atomic mass is 32.2. The number of non-ortho nitro benzene ring substituents is 1. The lowest BCUT2D eigenvalue weighted by Gasteiger charge is -1.95. The number of carbonyl (C=O) groups excluding carboxylic acids is 1. The van der Waals surface area contributed by atoms with Crippen LogP contribution in [0.1, 0.15) is 5.56 Å². The van der Waals surface area contributed by atoms with Crippen molar-refractivity contribution in [2.24, 2.45) is 4.99 Å². The number of nitro groups is 1. The van der Waals surface area contributed by atoms with Gasteiger partial charge in [-0.05, 0) is 35.5 Å². The Morgan fingerprint density at radius 2 is 2.10 bits per heavy atom. The third-order valence-corrected chi connectivity index (χ3v) is 3.36. The summed E-state index contributed by atoms with van der Waals surface area (Å²) in [4.78, 5) is 26.4. The van der Waals surface area contributed by atoms with Gasteiger partial charge < -0.3 is 5.32 Å². The second-order valence-corrected chi connectivity index (χ2v) is 4.88. The van der Waals surface area contributed by atoms with Gasteiger partial charge in [-0.15, -0.1) is 6.58 Å². The first-order valence-corrected chi connectivity index (χ1v) is 6.52. The van der Waals surface area contributed by atoms with E-state index in [1.807, 2.05) is 0 Å². The average Bonchev–Trinajstić information content (AvgIpc) is 2.77. The van der Waals surface area contributed by atoms with Gasteiger partial charge in [0.05, 0.1) is 16.4 Å². The first-order chi connectivity index (χ1) is 9.60. The average molecular weight is 289 g/mol. The van der Waals surface area contributed by atoms with Gasteiger partial charge in [0, 0.05) is 12.1 Å². The summed E-state index contributed by atoms with van der Waals surface area (Å²) in [5, 5.41) is 13.7. The second kappa shape index (κ2) is 6.16. The third-order valence-electron chi connectivity index (χ3n) is 2.42. The number of amides is 1. The summed E-state index contributed by atoms with van der Waals surface area (Å²) < 4.78 is 0. The number of carbonyl (C=O) groups is 1. The van der Waals surface area contributed by atoms with Crippen LogP contribution >= 0.6 is 11.8 Å². The van der Waals surface area contributed by atoms with Gasteiger partial charge in [-0.25, -0.2) is 0 Å². The van der Waals surface area contributed by atoms with Gasteiger partial charge in [-0.3, -0.25) is 19.9 Å².